The van der Waals surface area contributed by atoms with Crippen LogP contribution in [-0.2, 0) is 7.05 Å². The predicted molar refractivity (Wildman–Crippen MR) is 54.0 cm³/mol. The fraction of sp³-hybridized carbons (Fsp3) is 0.100. The third-order valence-corrected chi connectivity index (χ3v) is 2.30. The Labute approximate surface area is 85.4 Å². The number of nitrogens with zero attached hydrogens (tertiary/aromatic N) is 4. The second-order valence-corrected chi connectivity index (χ2v) is 3.30. The fourth-order valence-corrected chi connectivity index (χ4v) is 1.54. The highest BCUT2D eigenvalue weighted by Crippen LogP contribution is 2.21. The Bertz CT molecular complexity index is 610. The molecule has 0 bridgehead atoms. The molecule has 0 unspecified atom stereocenters. The number of rotatable bonds is 1. The van der Waals surface area contributed by atoms with Gasteiger partial charge in [0.15, 0.2) is 17.8 Å². The summed E-state index contributed by atoms with van der Waals surface area (Å²) in [5, 5.41) is 7.87. The molecule has 0 aliphatic rings. The second kappa shape index (κ2) is 2.91. The van der Waals surface area contributed by atoms with Crippen LogP contribution in [0.1, 0.15) is 0 Å². The van der Waals surface area contributed by atoms with Gasteiger partial charge in [0.2, 0.25) is 0 Å². The maximum absolute atomic E-state index is 5.17. The zero-order valence-corrected chi connectivity index (χ0v) is 8.08. The van der Waals surface area contributed by atoms with Crippen molar-refractivity contribution in [3.05, 3.63) is 30.9 Å². The summed E-state index contributed by atoms with van der Waals surface area (Å²) in [6.45, 7) is 0. The molecule has 3 rings (SSSR count). The Kier molecular flexibility index (Phi) is 1.58. The first kappa shape index (κ1) is 8.16. The van der Waals surface area contributed by atoms with E-state index in [9.17, 15) is 0 Å². The van der Waals surface area contributed by atoms with E-state index in [1.165, 1.54) is 6.39 Å². The zero-order valence-electron chi connectivity index (χ0n) is 8.08. The Balaban J connectivity index is 2.23. The van der Waals surface area contributed by atoms with Crippen LogP contribution in [0.2, 0.25) is 0 Å². The van der Waals surface area contributed by atoms with E-state index < -0.39 is 0 Å². The highest BCUT2D eigenvalue weighted by molar-refractivity contribution is 5.78. The molecule has 5 heteroatoms. The maximum Gasteiger partial charge on any atom is 0.181 e. The van der Waals surface area contributed by atoms with Crippen LogP contribution in [0.5, 0.6) is 0 Å². The van der Waals surface area contributed by atoms with Gasteiger partial charge in [0.25, 0.3) is 0 Å². The minimum absolute atomic E-state index is 0.779. The van der Waals surface area contributed by atoms with Gasteiger partial charge in [0.05, 0.1) is 0 Å². The van der Waals surface area contributed by atoms with Gasteiger partial charge in [0.1, 0.15) is 11.8 Å². The maximum atomic E-state index is 5.17. The summed E-state index contributed by atoms with van der Waals surface area (Å²) < 4.78 is 7.03. The third-order valence-electron chi connectivity index (χ3n) is 2.30. The van der Waals surface area contributed by atoms with Crippen molar-refractivity contribution in [1.82, 2.24) is 19.7 Å². The molecule has 1 aromatic carbocycles. The summed E-state index contributed by atoms with van der Waals surface area (Å²) in [4.78, 5) is 4.09. The average molecular weight is 200 g/mol. The molecule has 0 spiro atoms. The molecule has 0 N–H and O–H groups in total. The number of aryl methyl sites for hydroxylation is 1. The number of aromatic nitrogens is 4. The molecule has 2 heterocycles. The summed E-state index contributed by atoms with van der Waals surface area (Å²) >= 11 is 0. The van der Waals surface area contributed by atoms with Gasteiger partial charge in [-0.1, -0.05) is 0 Å². The van der Waals surface area contributed by atoms with Gasteiger partial charge in [0, 0.05) is 12.6 Å². The van der Waals surface area contributed by atoms with Crippen LogP contribution in [0, 0.1) is 0 Å². The number of benzene rings is 1. The normalized spacial score (nSPS) is 11.0. The van der Waals surface area contributed by atoms with E-state index in [0.29, 0.717) is 0 Å². The third kappa shape index (κ3) is 1.20. The van der Waals surface area contributed by atoms with Gasteiger partial charge in [-0.05, 0) is 18.2 Å². The number of hydrogen-bond donors (Lipinski definition) is 0. The van der Waals surface area contributed by atoms with E-state index in [4.69, 9.17) is 4.42 Å². The van der Waals surface area contributed by atoms with Gasteiger partial charge in [-0.2, -0.15) is 0 Å². The van der Waals surface area contributed by atoms with Crippen LogP contribution in [-0.4, -0.2) is 19.7 Å². The van der Waals surface area contributed by atoms with Crippen molar-refractivity contribution in [1.29, 1.82) is 0 Å². The summed E-state index contributed by atoms with van der Waals surface area (Å²) in [7, 11) is 1.91. The summed E-state index contributed by atoms with van der Waals surface area (Å²) in [5.74, 6) is 0.819. The standard InChI is InChI=1S/C10H8N4O/c1-14-5-12-13-10(14)7-2-3-9-8(4-7)11-6-15-9/h2-6H,1H3. The second-order valence-electron chi connectivity index (χ2n) is 3.30. The van der Waals surface area contributed by atoms with Crippen molar-refractivity contribution in [2.24, 2.45) is 7.05 Å². The first-order valence-electron chi connectivity index (χ1n) is 4.52. The van der Waals surface area contributed by atoms with E-state index in [1.54, 1.807) is 6.33 Å². The SMILES string of the molecule is Cn1cnnc1-c1ccc2ocnc2c1. The van der Waals surface area contributed by atoms with Gasteiger partial charge < -0.3 is 8.98 Å². The smallest absolute Gasteiger partial charge is 0.181 e. The van der Waals surface area contributed by atoms with Crippen molar-refractivity contribution < 1.29 is 4.42 Å². The number of hydrogen-bond acceptors (Lipinski definition) is 4. The quantitative estimate of drug-likeness (QED) is 0.599. The molecule has 0 radical (unpaired) electrons. The lowest BCUT2D eigenvalue weighted by Gasteiger charge is -1.98. The van der Waals surface area contributed by atoms with E-state index in [1.807, 2.05) is 29.8 Å². The lowest BCUT2D eigenvalue weighted by Crippen LogP contribution is -1.90. The molecule has 0 atom stereocenters. The molecule has 2 aromatic heterocycles. The molecule has 0 aliphatic carbocycles. The molecule has 15 heavy (non-hydrogen) atoms. The Morgan fingerprint density at radius 3 is 3.07 bits per heavy atom. The minimum atomic E-state index is 0.779. The van der Waals surface area contributed by atoms with Crippen molar-refractivity contribution in [3.8, 4) is 11.4 Å². The summed E-state index contributed by atoms with van der Waals surface area (Å²) in [6.07, 6.45) is 3.10. The van der Waals surface area contributed by atoms with E-state index in [0.717, 1.165) is 22.5 Å². The first-order chi connectivity index (χ1) is 7.34. The van der Waals surface area contributed by atoms with Crippen LogP contribution >= 0.6 is 0 Å². The molecule has 0 aliphatic heterocycles. The largest absolute Gasteiger partial charge is 0.443 e. The minimum Gasteiger partial charge on any atom is -0.443 e. The molecule has 0 fully saturated rings. The molecular weight excluding hydrogens is 192 g/mol. The highest BCUT2D eigenvalue weighted by Gasteiger charge is 2.06. The molecule has 0 saturated heterocycles. The lowest BCUT2D eigenvalue weighted by molar-refractivity contribution is 0.602. The summed E-state index contributed by atoms with van der Waals surface area (Å²) in [5.41, 5.74) is 2.59. The molecule has 3 aromatic rings. The highest BCUT2D eigenvalue weighted by atomic mass is 16.3. The van der Waals surface area contributed by atoms with Crippen molar-refractivity contribution in [2.75, 3.05) is 0 Å². The van der Waals surface area contributed by atoms with E-state index in [2.05, 4.69) is 15.2 Å². The monoisotopic (exact) mass is 200 g/mol. The van der Waals surface area contributed by atoms with Gasteiger partial charge in [-0.25, -0.2) is 4.98 Å². The van der Waals surface area contributed by atoms with Crippen LogP contribution in [0.4, 0.5) is 0 Å². The zero-order chi connectivity index (χ0) is 10.3. The van der Waals surface area contributed by atoms with Crippen molar-refractivity contribution in [3.63, 3.8) is 0 Å². The Hall–Kier alpha value is -2.17. The fourth-order valence-electron chi connectivity index (χ4n) is 1.54. The Morgan fingerprint density at radius 1 is 1.33 bits per heavy atom. The predicted octanol–water partition coefficient (Wildman–Crippen LogP) is 1.62. The number of fused-ring (bicyclic) bond motifs is 1. The topological polar surface area (TPSA) is 56.7 Å². The molecule has 0 saturated carbocycles. The van der Waals surface area contributed by atoms with E-state index in [-0.39, 0.29) is 0 Å². The average Bonchev–Trinajstić information content (AvgIpc) is 2.84. The molecular formula is C10H8N4O. The van der Waals surface area contributed by atoms with Crippen LogP contribution < -0.4 is 0 Å². The first-order valence-corrected chi connectivity index (χ1v) is 4.52. The van der Waals surface area contributed by atoms with Crippen LogP contribution in [0.15, 0.2) is 35.3 Å². The van der Waals surface area contributed by atoms with Gasteiger partial charge in [-0.15, -0.1) is 10.2 Å². The van der Waals surface area contributed by atoms with Crippen molar-refractivity contribution >= 4 is 11.1 Å². The van der Waals surface area contributed by atoms with Gasteiger partial charge in [-0.3, -0.25) is 0 Å². The lowest BCUT2D eigenvalue weighted by atomic mass is 10.2. The number of oxazole rings is 1. The van der Waals surface area contributed by atoms with Crippen LogP contribution in [0.25, 0.3) is 22.5 Å². The van der Waals surface area contributed by atoms with Gasteiger partial charge >= 0.3 is 0 Å². The van der Waals surface area contributed by atoms with Crippen LogP contribution in [0.3, 0.4) is 0 Å². The Morgan fingerprint density at radius 2 is 2.27 bits per heavy atom. The molecule has 74 valence electrons. The van der Waals surface area contributed by atoms with E-state index >= 15 is 0 Å². The van der Waals surface area contributed by atoms with Crippen molar-refractivity contribution in [2.45, 2.75) is 0 Å². The molecule has 0 amide bonds. The molecule has 5 nitrogen and oxygen atoms in total. The summed E-state index contributed by atoms with van der Waals surface area (Å²) in [6, 6.07) is 5.76.